The van der Waals surface area contributed by atoms with E-state index in [1.54, 1.807) is 24.0 Å². The van der Waals surface area contributed by atoms with Crippen LogP contribution in [0.3, 0.4) is 0 Å². The molecule has 0 aliphatic carbocycles. The van der Waals surface area contributed by atoms with Crippen LogP contribution in [0.5, 0.6) is 0 Å². The summed E-state index contributed by atoms with van der Waals surface area (Å²) in [5, 5.41) is 12.9. The van der Waals surface area contributed by atoms with Crippen LogP contribution in [0.2, 0.25) is 0 Å². The topological polar surface area (TPSA) is 125 Å². The monoisotopic (exact) mass is 595 g/mol. The van der Waals surface area contributed by atoms with E-state index in [0.717, 1.165) is 12.8 Å². The first-order valence-corrected chi connectivity index (χ1v) is 15.4. The van der Waals surface area contributed by atoms with Crippen LogP contribution in [0.1, 0.15) is 64.0 Å². The quantitative estimate of drug-likeness (QED) is 0.222. The van der Waals surface area contributed by atoms with Crippen LogP contribution in [0.4, 0.5) is 0 Å². The third kappa shape index (κ3) is 6.40. The van der Waals surface area contributed by atoms with Crippen molar-refractivity contribution in [1.82, 2.24) is 15.1 Å². The van der Waals surface area contributed by atoms with E-state index in [9.17, 15) is 24.3 Å². The standard InChI is InChI=1S/C33H45N3O7/c1-5-8-15-26(38)34-20-25(23-13-11-10-12-14-23)42-32(41)27-24-16-17-33(43-24)28(27)30(39)36(22(4)21-37)29(33)31(40)35(18-7-3)19-9-6-2/h5,7,10-14,22,24-25,27-29,37H,1,3,6,8-9,15-21H2,2,4H3,(H,34,38)/t22-,24-,25-,27+,28+,29-,33+/m1/s1. The van der Waals surface area contributed by atoms with Crippen molar-refractivity contribution in [2.45, 2.75) is 82.3 Å². The first-order valence-electron chi connectivity index (χ1n) is 15.4. The maximum atomic E-state index is 14.2. The predicted octanol–water partition coefficient (Wildman–Crippen LogP) is 2.92. The number of carbonyl (C=O) groups excluding carboxylic acids is 4. The molecule has 3 heterocycles. The highest BCUT2D eigenvalue weighted by atomic mass is 16.6. The number of carbonyl (C=O) groups is 4. The third-order valence-electron chi connectivity index (χ3n) is 8.92. The summed E-state index contributed by atoms with van der Waals surface area (Å²) in [5.41, 5.74) is -0.491. The number of hydrogen-bond donors (Lipinski definition) is 2. The second-order valence-electron chi connectivity index (χ2n) is 11.7. The summed E-state index contributed by atoms with van der Waals surface area (Å²) in [6, 6.07) is 7.50. The number of hydrogen-bond acceptors (Lipinski definition) is 7. The third-order valence-corrected chi connectivity index (χ3v) is 8.92. The van der Waals surface area contributed by atoms with Gasteiger partial charge in [0.05, 0.1) is 37.1 Å². The lowest BCUT2D eigenvalue weighted by Gasteiger charge is -2.38. The van der Waals surface area contributed by atoms with Crippen molar-refractivity contribution in [3.8, 4) is 0 Å². The Kier molecular flexibility index (Phi) is 10.8. The number of esters is 1. The van der Waals surface area contributed by atoms with E-state index in [4.69, 9.17) is 9.47 Å². The zero-order valence-corrected chi connectivity index (χ0v) is 25.3. The fraction of sp³-hybridized carbons (Fsp3) is 0.576. The van der Waals surface area contributed by atoms with Crippen LogP contribution in [-0.2, 0) is 28.7 Å². The fourth-order valence-electron chi connectivity index (χ4n) is 6.81. The van der Waals surface area contributed by atoms with Crippen LogP contribution in [0.25, 0.3) is 0 Å². The molecule has 4 rings (SSSR count). The SMILES string of the molecule is C=CCCC(=O)NC[C@@H](OC(=O)[C@@H]1[C@H]2C(=O)N([C@H](C)CO)[C@H](C(=O)N(CC=C)CCCC)[C@]23CC[C@H]1O3)c1ccccc1. The van der Waals surface area contributed by atoms with Gasteiger partial charge in [-0.05, 0) is 38.2 Å². The molecule has 3 aliphatic heterocycles. The number of likely N-dealkylation sites (tertiary alicyclic amines) is 1. The van der Waals surface area contributed by atoms with Gasteiger partial charge >= 0.3 is 5.97 Å². The predicted molar refractivity (Wildman–Crippen MR) is 160 cm³/mol. The van der Waals surface area contributed by atoms with Gasteiger partial charge in [-0.2, -0.15) is 0 Å². The van der Waals surface area contributed by atoms with Gasteiger partial charge in [-0.1, -0.05) is 55.8 Å². The lowest BCUT2D eigenvalue weighted by Crippen LogP contribution is -2.58. The molecule has 43 heavy (non-hydrogen) atoms. The lowest BCUT2D eigenvalue weighted by atomic mass is 9.70. The van der Waals surface area contributed by atoms with Crippen molar-refractivity contribution in [2.24, 2.45) is 11.8 Å². The van der Waals surface area contributed by atoms with Crippen molar-refractivity contribution >= 4 is 23.7 Å². The van der Waals surface area contributed by atoms with E-state index in [1.165, 1.54) is 4.90 Å². The van der Waals surface area contributed by atoms with Crippen molar-refractivity contribution in [2.75, 3.05) is 26.2 Å². The molecule has 2 bridgehead atoms. The van der Waals surface area contributed by atoms with Crippen molar-refractivity contribution in [3.05, 3.63) is 61.2 Å². The molecule has 2 N–H and O–H groups in total. The lowest BCUT2D eigenvalue weighted by molar-refractivity contribution is -0.161. The molecule has 1 aromatic carbocycles. The van der Waals surface area contributed by atoms with Crippen LogP contribution in [0, 0.1) is 11.8 Å². The molecule has 1 spiro atoms. The van der Waals surface area contributed by atoms with Crippen LogP contribution in [-0.4, -0.2) is 88.6 Å². The van der Waals surface area contributed by atoms with Crippen LogP contribution < -0.4 is 5.32 Å². The van der Waals surface area contributed by atoms with Gasteiger partial charge in [0.1, 0.15) is 17.7 Å². The van der Waals surface area contributed by atoms with Gasteiger partial charge in [0.15, 0.2) is 0 Å². The number of nitrogens with one attached hydrogen (secondary N) is 1. The molecule has 10 heteroatoms. The van der Waals surface area contributed by atoms with E-state index in [2.05, 4.69) is 18.5 Å². The van der Waals surface area contributed by atoms with Gasteiger partial charge in [-0.15, -0.1) is 13.2 Å². The molecule has 10 nitrogen and oxygen atoms in total. The Morgan fingerprint density at radius 2 is 2.00 bits per heavy atom. The minimum absolute atomic E-state index is 0.0659. The van der Waals surface area contributed by atoms with Crippen molar-refractivity contribution < 1.29 is 33.8 Å². The number of nitrogens with zero attached hydrogens (tertiary/aromatic N) is 2. The summed E-state index contributed by atoms with van der Waals surface area (Å²) in [7, 11) is 0. The summed E-state index contributed by atoms with van der Waals surface area (Å²) in [6.45, 7) is 11.7. The zero-order valence-electron chi connectivity index (χ0n) is 25.3. The summed E-state index contributed by atoms with van der Waals surface area (Å²) < 4.78 is 12.6. The molecule has 1 aromatic rings. The molecular weight excluding hydrogens is 550 g/mol. The molecule has 3 amide bonds. The van der Waals surface area contributed by atoms with Gasteiger partial charge in [0.2, 0.25) is 17.7 Å². The van der Waals surface area contributed by atoms with Crippen molar-refractivity contribution in [1.29, 1.82) is 0 Å². The Morgan fingerprint density at radius 1 is 1.26 bits per heavy atom. The largest absolute Gasteiger partial charge is 0.455 e. The number of amides is 3. The Labute approximate surface area is 254 Å². The minimum atomic E-state index is -1.20. The number of allylic oxidation sites excluding steroid dienone is 1. The Hall–Kier alpha value is -3.50. The first kappa shape index (κ1) is 32.4. The average molecular weight is 596 g/mol. The Balaban J connectivity index is 1.62. The van der Waals surface area contributed by atoms with E-state index in [-0.39, 0.29) is 37.3 Å². The molecule has 0 radical (unpaired) electrons. The summed E-state index contributed by atoms with van der Waals surface area (Å²) >= 11 is 0. The fourth-order valence-corrected chi connectivity index (χ4v) is 6.81. The number of unbranched alkanes of at least 4 members (excludes halogenated alkanes) is 1. The highest BCUT2D eigenvalue weighted by Gasteiger charge is 2.75. The Morgan fingerprint density at radius 3 is 2.65 bits per heavy atom. The van der Waals surface area contributed by atoms with Crippen molar-refractivity contribution in [3.63, 3.8) is 0 Å². The molecule has 3 fully saturated rings. The van der Waals surface area contributed by atoms with E-state index in [0.29, 0.717) is 37.9 Å². The molecule has 234 valence electrons. The van der Waals surface area contributed by atoms with E-state index in [1.807, 2.05) is 37.3 Å². The second kappa shape index (κ2) is 14.3. The van der Waals surface area contributed by atoms with Gasteiger partial charge in [-0.3, -0.25) is 19.2 Å². The molecule has 7 atom stereocenters. The second-order valence-corrected chi connectivity index (χ2v) is 11.7. The molecule has 3 aliphatic rings. The molecule has 3 saturated heterocycles. The highest BCUT2D eigenvalue weighted by molar-refractivity contribution is 5.98. The number of rotatable bonds is 16. The summed E-state index contributed by atoms with van der Waals surface area (Å²) in [5.74, 6) is -3.27. The van der Waals surface area contributed by atoms with E-state index < -0.39 is 47.7 Å². The van der Waals surface area contributed by atoms with E-state index >= 15 is 0 Å². The maximum absolute atomic E-state index is 14.2. The highest BCUT2D eigenvalue weighted by Crippen LogP contribution is 2.59. The Bertz CT molecular complexity index is 1190. The summed E-state index contributed by atoms with van der Waals surface area (Å²) in [6.07, 6.45) is 5.38. The number of ether oxygens (including phenoxy) is 2. The molecule has 0 aromatic heterocycles. The maximum Gasteiger partial charge on any atom is 0.313 e. The van der Waals surface area contributed by atoms with Crippen LogP contribution in [0.15, 0.2) is 55.6 Å². The number of fused-ring (bicyclic) bond motifs is 1. The zero-order chi connectivity index (χ0) is 31.1. The van der Waals surface area contributed by atoms with Gasteiger partial charge < -0.3 is 29.7 Å². The van der Waals surface area contributed by atoms with Gasteiger partial charge in [0, 0.05) is 19.5 Å². The molecular formula is C33H45N3O7. The minimum Gasteiger partial charge on any atom is -0.455 e. The summed E-state index contributed by atoms with van der Waals surface area (Å²) in [4.78, 5) is 57.7. The first-order chi connectivity index (χ1) is 20.7. The van der Waals surface area contributed by atoms with Gasteiger partial charge in [0.25, 0.3) is 0 Å². The number of aliphatic hydroxyl groups is 1. The molecule has 0 unspecified atom stereocenters. The number of benzene rings is 1. The van der Waals surface area contributed by atoms with Crippen LogP contribution >= 0.6 is 0 Å². The normalized spacial score (nSPS) is 26.9. The smallest absolute Gasteiger partial charge is 0.313 e. The molecule has 0 saturated carbocycles. The number of aliphatic hydroxyl groups excluding tert-OH is 1. The van der Waals surface area contributed by atoms with Gasteiger partial charge in [-0.25, -0.2) is 0 Å². The average Bonchev–Trinajstić information content (AvgIpc) is 3.67.